The smallest absolute Gasteiger partial charge is 0.237 e. The molecule has 0 saturated carbocycles. The second-order valence-electron chi connectivity index (χ2n) is 6.79. The zero-order valence-electron chi connectivity index (χ0n) is 14.7. The van der Waals surface area contributed by atoms with Crippen molar-refractivity contribution in [2.24, 2.45) is 0 Å². The van der Waals surface area contributed by atoms with Crippen LogP contribution in [0.5, 0.6) is 0 Å². The molecule has 0 spiro atoms. The molecule has 1 aromatic rings. The standard InChI is InChI=1S/C18H25F2N3O.2ClH/c19-15-6-3-7-16(20)14(15)12-23-10-4-5-13(11-23)22-18(24)17-8-1-2-9-21-17;;/h3,6-7,13,17,21H,1-2,4-5,8-12H2,(H,22,24);2*1H/t13?,17-;;/m1../s1. The molecule has 26 heavy (non-hydrogen) atoms. The van der Waals surface area contributed by atoms with Crippen LogP contribution >= 0.6 is 24.8 Å². The Labute approximate surface area is 165 Å². The van der Waals surface area contributed by atoms with E-state index in [0.29, 0.717) is 6.54 Å². The van der Waals surface area contributed by atoms with Gasteiger partial charge in [-0.05, 0) is 50.9 Å². The van der Waals surface area contributed by atoms with E-state index in [2.05, 4.69) is 10.6 Å². The molecular formula is C18H27Cl2F2N3O. The zero-order chi connectivity index (χ0) is 16.9. The Kier molecular flexibility index (Phi) is 9.79. The number of piperidine rings is 2. The summed E-state index contributed by atoms with van der Waals surface area (Å²) < 4.78 is 27.6. The number of nitrogens with zero attached hydrogens (tertiary/aromatic N) is 1. The molecule has 148 valence electrons. The third-order valence-electron chi connectivity index (χ3n) is 4.92. The molecule has 2 fully saturated rings. The molecule has 2 aliphatic rings. The minimum atomic E-state index is -0.507. The van der Waals surface area contributed by atoms with E-state index in [-0.39, 0.29) is 54.9 Å². The average molecular weight is 410 g/mol. The fraction of sp³-hybridized carbons (Fsp3) is 0.611. The van der Waals surface area contributed by atoms with Gasteiger partial charge in [-0.25, -0.2) is 8.78 Å². The molecule has 2 atom stereocenters. The molecule has 8 heteroatoms. The van der Waals surface area contributed by atoms with E-state index >= 15 is 0 Å². The van der Waals surface area contributed by atoms with Crippen molar-refractivity contribution < 1.29 is 13.6 Å². The van der Waals surface area contributed by atoms with Crippen molar-refractivity contribution >= 4 is 30.7 Å². The van der Waals surface area contributed by atoms with Crippen LogP contribution in [-0.2, 0) is 11.3 Å². The minimum Gasteiger partial charge on any atom is -0.351 e. The van der Waals surface area contributed by atoms with Crippen molar-refractivity contribution in [3.8, 4) is 0 Å². The van der Waals surface area contributed by atoms with Crippen molar-refractivity contribution in [2.75, 3.05) is 19.6 Å². The number of hydrogen-bond donors (Lipinski definition) is 2. The summed E-state index contributed by atoms with van der Waals surface area (Å²) in [6.07, 6.45) is 4.90. The SMILES string of the molecule is Cl.Cl.O=C(NC1CCCN(Cc2c(F)cccc2F)C1)[C@H]1CCCCN1. The van der Waals surface area contributed by atoms with Gasteiger partial charge in [0.1, 0.15) is 11.6 Å². The third kappa shape index (κ3) is 6.05. The Bertz CT molecular complexity index is 565. The van der Waals surface area contributed by atoms with Crippen LogP contribution < -0.4 is 10.6 Å². The van der Waals surface area contributed by atoms with Crippen LogP contribution in [0.1, 0.15) is 37.7 Å². The first kappa shape index (κ1) is 23.1. The summed E-state index contributed by atoms with van der Waals surface area (Å²) in [7, 11) is 0. The lowest BCUT2D eigenvalue weighted by Gasteiger charge is -2.34. The molecular weight excluding hydrogens is 383 g/mol. The van der Waals surface area contributed by atoms with Crippen LogP contribution in [0.25, 0.3) is 0 Å². The first-order valence-electron chi connectivity index (χ1n) is 8.82. The van der Waals surface area contributed by atoms with Gasteiger partial charge in [-0.3, -0.25) is 9.69 Å². The highest BCUT2D eigenvalue weighted by Gasteiger charge is 2.26. The highest BCUT2D eigenvalue weighted by atomic mass is 35.5. The number of nitrogens with one attached hydrogen (secondary N) is 2. The largest absolute Gasteiger partial charge is 0.351 e. The van der Waals surface area contributed by atoms with Crippen LogP contribution in [0.3, 0.4) is 0 Å². The fourth-order valence-electron chi connectivity index (χ4n) is 3.60. The molecule has 4 nitrogen and oxygen atoms in total. The van der Waals surface area contributed by atoms with Gasteiger partial charge in [0, 0.05) is 24.7 Å². The molecule has 0 aromatic heterocycles. The Morgan fingerprint density at radius 3 is 2.54 bits per heavy atom. The number of benzene rings is 1. The van der Waals surface area contributed by atoms with Crippen LogP contribution in [0.15, 0.2) is 18.2 Å². The number of carbonyl (C=O) groups is 1. The maximum atomic E-state index is 13.8. The van der Waals surface area contributed by atoms with Gasteiger partial charge in [0.15, 0.2) is 0 Å². The quantitative estimate of drug-likeness (QED) is 0.802. The molecule has 2 heterocycles. The van der Waals surface area contributed by atoms with Gasteiger partial charge < -0.3 is 10.6 Å². The molecule has 1 aromatic carbocycles. The Balaban J connectivity index is 0.00000169. The number of amides is 1. The molecule has 3 rings (SSSR count). The van der Waals surface area contributed by atoms with Gasteiger partial charge in [0.05, 0.1) is 6.04 Å². The van der Waals surface area contributed by atoms with Gasteiger partial charge in [0.25, 0.3) is 0 Å². The van der Waals surface area contributed by atoms with Crippen molar-refractivity contribution in [2.45, 2.75) is 50.7 Å². The summed E-state index contributed by atoms with van der Waals surface area (Å²) in [4.78, 5) is 14.3. The van der Waals surface area contributed by atoms with E-state index in [9.17, 15) is 13.6 Å². The van der Waals surface area contributed by atoms with E-state index in [4.69, 9.17) is 0 Å². The molecule has 2 N–H and O–H groups in total. The lowest BCUT2D eigenvalue weighted by Crippen LogP contribution is -2.53. The number of hydrogen-bond acceptors (Lipinski definition) is 3. The number of likely N-dealkylation sites (tertiary alicyclic amines) is 1. The number of halogens is 4. The molecule has 0 radical (unpaired) electrons. The highest BCUT2D eigenvalue weighted by molar-refractivity contribution is 5.85. The molecule has 1 unspecified atom stereocenters. The molecule has 2 aliphatic heterocycles. The van der Waals surface area contributed by atoms with E-state index in [1.54, 1.807) is 0 Å². The van der Waals surface area contributed by atoms with Gasteiger partial charge in [-0.15, -0.1) is 24.8 Å². The first-order valence-corrected chi connectivity index (χ1v) is 8.82. The summed E-state index contributed by atoms with van der Waals surface area (Å²) in [6, 6.07) is 3.90. The predicted molar refractivity (Wildman–Crippen MR) is 103 cm³/mol. The molecule has 1 amide bonds. The summed E-state index contributed by atoms with van der Waals surface area (Å²) >= 11 is 0. The van der Waals surface area contributed by atoms with Crippen molar-refractivity contribution in [1.29, 1.82) is 0 Å². The maximum Gasteiger partial charge on any atom is 0.237 e. The van der Waals surface area contributed by atoms with Crippen LogP contribution in [0.4, 0.5) is 8.78 Å². The second kappa shape index (κ2) is 11.0. The summed E-state index contributed by atoms with van der Waals surface area (Å²) in [5.41, 5.74) is 0.110. The highest BCUT2D eigenvalue weighted by Crippen LogP contribution is 2.18. The van der Waals surface area contributed by atoms with Crippen molar-refractivity contribution in [3.63, 3.8) is 0 Å². The van der Waals surface area contributed by atoms with Crippen molar-refractivity contribution in [3.05, 3.63) is 35.4 Å². The van der Waals surface area contributed by atoms with Gasteiger partial charge in [0.2, 0.25) is 5.91 Å². The van der Waals surface area contributed by atoms with Gasteiger partial charge >= 0.3 is 0 Å². The average Bonchev–Trinajstić information content (AvgIpc) is 2.59. The van der Waals surface area contributed by atoms with E-state index in [1.165, 1.54) is 18.2 Å². The lowest BCUT2D eigenvalue weighted by atomic mass is 10.0. The van der Waals surface area contributed by atoms with Gasteiger partial charge in [-0.2, -0.15) is 0 Å². The Morgan fingerprint density at radius 1 is 1.15 bits per heavy atom. The first-order chi connectivity index (χ1) is 11.6. The molecule has 0 aliphatic carbocycles. The maximum absolute atomic E-state index is 13.8. The molecule has 2 saturated heterocycles. The van der Waals surface area contributed by atoms with E-state index in [0.717, 1.165) is 45.2 Å². The normalized spacial score (nSPS) is 23.5. The van der Waals surface area contributed by atoms with Crippen LogP contribution in [-0.4, -0.2) is 42.5 Å². The van der Waals surface area contributed by atoms with Gasteiger partial charge in [-0.1, -0.05) is 12.5 Å². The summed E-state index contributed by atoms with van der Waals surface area (Å²) in [5, 5.41) is 6.35. The minimum absolute atomic E-state index is 0. The third-order valence-corrected chi connectivity index (χ3v) is 4.92. The second-order valence-corrected chi connectivity index (χ2v) is 6.79. The van der Waals surface area contributed by atoms with Crippen LogP contribution in [0, 0.1) is 11.6 Å². The van der Waals surface area contributed by atoms with E-state index < -0.39 is 11.6 Å². The van der Waals surface area contributed by atoms with Crippen molar-refractivity contribution in [1.82, 2.24) is 15.5 Å². The van der Waals surface area contributed by atoms with E-state index in [1.807, 2.05) is 4.90 Å². The summed E-state index contributed by atoms with van der Waals surface area (Å²) in [6.45, 7) is 2.56. The van der Waals surface area contributed by atoms with Crippen LogP contribution in [0.2, 0.25) is 0 Å². The monoisotopic (exact) mass is 409 g/mol. The number of carbonyl (C=O) groups excluding carboxylic acids is 1. The topological polar surface area (TPSA) is 44.4 Å². The molecule has 0 bridgehead atoms. The Morgan fingerprint density at radius 2 is 1.88 bits per heavy atom. The summed E-state index contributed by atoms with van der Waals surface area (Å²) in [5.74, 6) is -0.959. The zero-order valence-corrected chi connectivity index (χ0v) is 16.3. The number of rotatable bonds is 4. The predicted octanol–water partition coefficient (Wildman–Crippen LogP) is 3.03. The Hall–Kier alpha value is -0.950. The fourth-order valence-corrected chi connectivity index (χ4v) is 3.60. The lowest BCUT2D eigenvalue weighted by molar-refractivity contribution is -0.124.